The zero-order valence-electron chi connectivity index (χ0n) is 10.5. The van der Waals surface area contributed by atoms with Crippen molar-refractivity contribution in [3.05, 3.63) is 71.8 Å². The molecular weight excluding hydrogens is 258 g/mol. The molecule has 19 heavy (non-hydrogen) atoms. The van der Waals surface area contributed by atoms with Gasteiger partial charge in [0.05, 0.1) is 0 Å². The number of amides is 1. The summed E-state index contributed by atoms with van der Waals surface area (Å²) in [5.74, 6) is 0.111. The first kappa shape index (κ1) is 13.6. The van der Waals surface area contributed by atoms with Crippen molar-refractivity contribution in [1.82, 2.24) is 5.32 Å². The molecule has 1 aliphatic rings. The van der Waals surface area contributed by atoms with Crippen LogP contribution in [0.4, 0.5) is 0 Å². The van der Waals surface area contributed by atoms with Crippen molar-refractivity contribution >= 4 is 18.3 Å². The van der Waals surface area contributed by atoms with Crippen LogP contribution in [0.5, 0.6) is 0 Å². The van der Waals surface area contributed by atoms with Gasteiger partial charge in [-0.1, -0.05) is 60.7 Å². The first-order valence-electron chi connectivity index (χ1n) is 6.23. The van der Waals surface area contributed by atoms with Crippen LogP contribution in [0.2, 0.25) is 0 Å². The fourth-order valence-electron chi connectivity index (χ4n) is 2.79. The molecule has 1 saturated heterocycles. The Bertz CT molecular complexity index is 514. The second kappa shape index (κ2) is 5.45. The smallest absolute Gasteiger partial charge is 0.235 e. The van der Waals surface area contributed by atoms with Gasteiger partial charge in [-0.2, -0.15) is 0 Å². The van der Waals surface area contributed by atoms with Crippen molar-refractivity contribution in [2.45, 2.75) is 11.8 Å². The van der Waals surface area contributed by atoms with Crippen molar-refractivity contribution in [3.8, 4) is 0 Å². The van der Waals surface area contributed by atoms with Crippen LogP contribution in [0.3, 0.4) is 0 Å². The highest BCUT2D eigenvalue weighted by atomic mass is 35.5. The quantitative estimate of drug-likeness (QED) is 0.896. The molecule has 2 nitrogen and oxygen atoms in total. The Morgan fingerprint density at radius 1 is 0.842 bits per heavy atom. The SMILES string of the molecule is Cl.O=C1NCCC1(c1ccccc1)c1ccccc1. The Kier molecular flexibility index (Phi) is 3.91. The van der Waals surface area contributed by atoms with Crippen LogP contribution >= 0.6 is 12.4 Å². The molecule has 0 unspecified atom stereocenters. The number of benzene rings is 2. The van der Waals surface area contributed by atoms with Crippen LogP contribution in [-0.4, -0.2) is 12.5 Å². The molecule has 98 valence electrons. The summed E-state index contributed by atoms with van der Waals surface area (Å²) in [6, 6.07) is 20.1. The molecule has 2 aromatic rings. The minimum Gasteiger partial charge on any atom is -0.355 e. The normalized spacial score (nSPS) is 16.5. The minimum atomic E-state index is -0.511. The van der Waals surface area contributed by atoms with Crippen LogP contribution < -0.4 is 5.32 Å². The fourth-order valence-corrected chi connectivity index (χ4v) is 2.79. The number of hydrogen-bond acceptors (Lipinski definition) is 1. The van der Waals surface area contributed by atoms with E-state index in [1.54, 1.807) is 0 Å². The standard InChI is InChI=1S/C16H15NO.ClH/c18-15-16(11-12-17-15,13-7-3-1-4-8-13)14-9-5-2-6-10-14;/h1-10H,11-12H2,(H,17,18);1H. The summed E-state index contributed by atoms with van der Waals surface area (Å²) in [5, 5.41) is 2.97. The van der Waals surface area contributed by atoms with E-state index in [0.717, 1.165) is 24.1 Å². The summed E-state index contributed by atoms with van der Waals surface area (Å²) in [7, 11) is 0. The number of carbonyl (C=O) groups is 1. The molecule has 1 amide bonds. The second-order valence-corrected chi connectivity index (χ2v) is 4.64. The summed E-state index contributed by atoms with van der Waals surface area (Å²) in [6.45, 7) is 0.739. The molecule has 3 rings (SSSR count). The maximum atomic E-state index is 12.4. The van der Waals surface area contributed by atoms with Crippen LogP contribution in [0.25, 0.3) is 0 Å². The predicted molar refractivity (Wildman–Crippen MR) is 78.5 cm³/mol. The lowest BCUT2D eigenvalue weighted by Gasteiger charge is -2.27. The van der Waals surface area contributed by atoms with Gasteiger partial charge in [-0.25, -0.2) is 0 Å². The molecule has 3 heteroatoms. The number of halogens is 1. The molecule has 0 aliphatic carbocycles. The van der Waals surface area contributed by atoms with E-state index in [1.807, 2.05) is 60.7 Å². The Morgan fingerprint density at radius 2 is 1.32 bits per heavy atom. The Hall–Kier alpha value is -1.80. The summed E-state index contributed by atoms with van der Waals surface area (Å²) in [5.41, 5.74) is 1.64. The third-order valence-corrected chi connectivity index (χ3v) is 3.71. The Balaban J connectivity index is 0.00000133. The average molecular weight is 274 g/mol. The molecule has 0 atom stereocenters. The van der Waals surface area contributed by atoms with Gasteiger partial charge in [0.1, 0.15) is 5.41 Å². The van der Waals surface area contributed by atoms with Gasteiger partial charge in [0, 0.05) is 6.54 Å². The summed E-state index contributed by atoms with van der Waals surface area (Å²) < 4.78 is 0. The molecule has 0 saturated carbocycles. The van der Waals surface area contributed by atoms with Gasteiger partial charge in [-0.3, -0.25) is 4.79 Å². The van der Waals surface area contributed by atoms with Crippen molar-refractivity contribution in [2.24, 2.45) is 0 Å². The highest BCUT2D eigenvalue weighted by molar-refractivity contribution is 5.94. The zero-order chi connectivity index (χ0) is 12.4. The molecule has 2 aromatic carbocycles. The predicted octanol–water partition coefficient (Wildman–Crippen LogP) is 2.91. The van der Waals surface area contributed by atoms with Gasteiger partial charge in [-0.05, 0) is 17.5 Å². The molecule has 0 bridgehead atoms. The van der Waals surface area contributed by atoms with E-state index in [2.05, 4.69) is 5.32 Å². The first-order valence-corrected chi connectivity index (χ1v) is 6.23. The van der Waals surface area contributed by atoms with E-state index in [-0.39, 0.29) is 18.3 Å². The highest BCUT2D eigenvalue weighted by Crippen LogP contribution is 2.38. The van der Waals surface area contributed by atoms with Gasteiger partial charge < -0.3 is 5.32 Å². The van der Waals surface area contributed by atoms with Gasteiger partial charge in [0.15, 0.2) is 0 Å². The van der Waals surface area contributed by atoms with E-state index in [0.29, 0.717) is 0 Å². The second-order valence-electron chi connectivity index (χ2n) is 4.64. The minimum absolute atomic E-state index is 0. The van der Waals surface area contributed by atoms with Crippen LogP contribution in [0.1, 0.15) is 17.5 Å². The molecule has 1 fully saturated rings. The maximum absolute atomic E-state index is 12.4. The molecule has 1 N–H and O–H groups in total. The Labute approximate surface area is 119 Å². The lowest BCUT2D eigenvalue weighted by atomic mass is 9.73. The maximum Gasteiger partial charge on any atom is 0.235 e. The van der Waals surface area contributed by atoms with Crippen LogP contribution in [0.15, 0.2) is 60.7 Å². The van der Waals surface area contributed by atoms with E-state index in [4.69, 9.17) is 0 Å². The monoisotopic (exact) mass is 273 g/mol. The van der Waals surface area contributed by atoms with E-state index in [9.17, 15) is 4.79 Å². The third kappa shape index (κ3) is 2.13. The molecule has 0 spiro atoms. The number of carbonyl (C=O) groups excluding carboxylic acids is 1. The molecular formula is C16H16ClNO. The van der Waals surface area contributed by atoms with Crippen molar-refractivity contribution < 1.29 is 4.79 Å². The average Bonchev–Trinajstić information content (AvgIpc) is 2.84. The molecule has 0 aromatic heterocycles. The van der Waals surface area contributed by atoms with Gasteiger partial charge >= 0.3 is 0 Å². The number of rotatable bonds is 2. The topological polar surface area (TPSA) is 29.1 Å². The van der Waals surface area contributed by atoms with E-state index in [1.165, 1.54) is 0 Å². The van der Waals surface area contributed by atoms with Crippen molar-refractivity contribution in [2.75, 3.05) is 6.54 Å². The summed E-state index contributed by atoms with van der Waals surface area (Å²) in [6.07, 6.45) is 0.819. The van der Waals surface area contributed by atoms with Crippen molar-refractivity contribution in [3.63, 3.8) is 0 Å². The number of hydrogen-bond donors (Lipinski definition) is 1. The van der Waals surface area contributed by atoms with E-state index >= 15 is 0 Å². The zero-order valence-corrected chi connectivity index (χ0v) is 11.3. The van der Waals surface area contributed by atoms with Gasteiger partial charge in [0.25, 0.3) is 0 Å². The fraction of sp³-hybridized carbons (Fsp3) is 0.188. The largest absolute Gasteiger partial charge is 0.355 e. The van der Waals surface area contributed by atoms with Gasteiger partial charge in [0.2, 0.25) is 5.91 Å². The first-order chi connectivity index (χ1) is 8.84. The summed E-state index contributed by atoms with van der Waals surface area (Å²) >= 11 is 0. The Morgan fingerprint density at radius 3 is 1.68 bits per heavy atom. The highest BCUT2D eigenvalue weighted by Gasteiger charge is 2.45. The molecule has 1 aliphatic heterocycles. The van der Waals surface area contributed by atoms with Crippen LogP contribution in [0, 0.1) is 0 Å². The number of nitrogens with one attached hydrogen (secondary N) is 1. The molecule has 1 heterocycles. The van der Waals surface area contributed by atoms with Gasteiger partial charge in [-0.15, -0.1) is 12.4 Å². The lowest BCUT2D eigenvalue weighted by Crippen LogP contribution is -2.36. The third-order valence-electron chi connectivity index (χ3n) is 3.71. The molecule has 0 radical (unpaired) electrons. The van der Waals surface area contributed by atoms with Crippen molar-refractivity contribution in [1.29, 1.82) is 0 Å². The van der Waals surface area contributed by atoms with E-state index < -0.39 is 5.41 Å². The summed E-state index contributed by atoms with van der Waals surface area (Å²) in [4.78, 5) is 12.4. The van der Waals surface area contributed by atoms with Crippen LogP contribution in [-0.2, 0) is 10.2 Å². The lowest BCUT2D eigenvalue weighted by molar-refractivity contribution is -0.122.